The van der Waals surface area contributed by atoms with Gasteiger partial charge in [-0.25, -0.2) is 4.79 Å². The molecule has 3 fully saturated rings. The Balaban J connectivity index is 0.000000555. The molecule has 3 heteroatoms. The number of aliphatic hydroxyl groups is 1. The summed E-state index contributed by atoms with van der Waals surface area (Å²) in [6.07, 6.45) is 18.0. The van der Waals surface area contributed by atoms with Gasteiger partial charge in [0, 0.05) is 6.08 Å². The first kappa shape index (κ1) is 26.5. The minimum Gasteiger partial charge on any atom is -0.478 e. The summed E-state index contributed by atoms with van der Waals surface area (Å²) < 4.78 is 0. The van der Waals surface area contributed by atoms with Gasteiger partial charge in [-0.15, -0.1) is 0 Å². The number of hydrogen-bond donors (Lipinski definition) is 2. The van der Waals surface area contributed by atoms with Crippen LogP contribution in [-0.4, -0.2) is 22.3 Å². The Morgan fingerprint density at radius 1 is 1.12 bits per heavy atom. The molecule has 0 bridgehead atoms. The summed E-state index contributed by atoms with van der Waals surface area (Å²) in [5.41, 5.74) is 2.60. The molecule has 0 heterocycles. The number of allylic oxidation sites excluding steroid dienone is 1. The Kier molecular flexibility index (Phi) is 8.57. The fraction of sp³-hybridized carbons (Fsp3) is 0.833. The predicted octanol–water partition coefficient (Wildman–Crippen LogP) is 7.65. The van der Waals surface area contributed by atoms with E-state index in [1.165, 1.54) is 57.8 Å². The summed E-state index contributed by atoms with van der Waals surface area (Å²) in [6, 6.07) is 0. The third kappa shape index (κ3) is 5.44. The molecule has 0 saturated heterocycles. The van der Waals surface area contributed by atoms with Gasteiger partial charge in [0.25, 0.3) is 0 Å². The fourth-order valence-corrected chi connectivity index (χ4v) is 8.67. The first-order valence-electron chi connectivity index (χ1n) is 13.8. The number of carboxylic acid groups (broad SMARTS) is 1. The Bertz CT molecular complexity index is 724. The highest BCUT2D eigenvalue weighted by atomic mass is 16.4. The van der Waals surface area contributed by atoms with Crippen molar-refractivity contribution in [2.24, 2.45) is 46.3 Å². The highest BCUT2D eigenvalue weighted by Gasteiger charge is 2.59. The van der Waals surface area contributed by atoms with Crippen LogP contribution >= 0.6 is 0 Å². The van der Waals surface area contributed by atoms with Crippen molar-refractivity contribution in [3.05, 3.63) is 24.3 Å². The zero-order chi connectivity index (χ0) is 24.4. The Labute approximate surface area is 203 Å². The average Bonchev–Trinajstić information content (AvgIpc) is 3.11. The number of carboxylic acids is 1. The van der Waals surface area contributed by atoms with Crippen molar-refractivity contribution < 1.29 is 15.0 Å². The van der Waals surface area contributed by atoms with Crippen LogP contribution in [0.25, 0.3) is 0 Å². The molecule has 0 amide bonds. The summed E-state index contributed by atoms with van der Waals surface area (Å²) in [6.45, 7) is 15.5. The van der Waals surface area contributed by atoms with Crippen LogP contribution in [0.3, 0.4) is 0 Å². The normalized spacial score (nSPS) is 40.5. The number of aliphatic carboxylic acids is 1. The van der Waals surface area contributed by atoms with Gasteiger partial charge in [-0.3, -0.25) is 0 Å². The number of fused-ring (bicyclic) bond motifs is 5. The third-order valence-corrected chi connectivity index (χ3v) is 10.5. The maximum atomic E-state index is 10.2. The van der Waals surface area contributed by atoms with E-state index in [4.69, 9.17) is 5.11 Å². The van der Waals surface area contributed by atoms with E-state index >= 15 is 0 Å². The van der Waals surface area contributed by atoms with Gasteiger partial charge >= 0.3 is 5.97 Å². The molecular formula is C30H50O3. The van der Waals surface area contributed by atoms with E-state index in [9.17, 15) is 9.90 Å². The molecule has 0 aromatic rings. The van der Waals surface area contributed by atoms with Crippen LogP contribution in [-0.2, 0) is 4.79 Å². The molecule has 0 spiro atoms. The summed E-state index contributed by atoms with van der Waals surface area (Å²) >= 11 is 0. The maximum absolute atomic E-state index is 10.2. The quantitative estimate of drug-likeness (QED) is 0.317. The molecule has 3 nitrogen and oxygen atoms in total. The lowest BCUT2D eigenvalue weighted by atomic mass is 9.47. The van der Waals surface area contributed by atoms with E-state index in [2.05, 4.69) is 47.3 Å². The second kappa shape index (κ2) is 10.7. The molecule has 4 aliphatic carbocycles. The smallest absolute Gasteiger partial charge is 0.327 e. The van der Waals surface area contributed by atoms with Gasteiger partial charge in [0.1, 0.15) is 0 Å². The van der Waals surface area contributed by atoms with Gasteiger partial charge in [0.15, 0.2) is 0 Å². The maximum Gasteiger partial charge on any atom is 0.327 e. The molecule has 4 aliphatic rings. The average molecular weight is 459 g/mol. The van der Waals surface area contributed by atoms with Crippen molar-refractivity contribution in [2.45, 2.75) is 111 Å². The molecule has 2 N–H and O–H groups in total. The number of hydrogen-bond acceptors (Lipinski definition) is 2. The topological polar surface area (TPSA) is 57.5 Å². The standard InChI is InChI=1S/C27H46O.C3H4O2/c1-18(2)7-6-8-19(3)23-11-12-24-22-10-9-20-17-21(28)13-15-26(20,4)25(22)14-16-27(23,24)5;1-2-3(4)5/h9,18-19,21-25,28H,6-8,10-17H2,1-5H3;2H,1H2,(H,4,5)/t19?,21-,22-,23+,24-,25-,26-,27+;/m0./s1. The first-order chi connectivity index (χ1) is 15.5. The van der Waals surface area contributed by atoms with Gasteiger partial charge in [-0.2, -0.15) is 0 Å². The zero-order valence-corrected chi connectivity index (χ0v) is 22.0. The number of rotatable bonds is 6. The largest absolute Gasteiger partial charge is 0.478 e. The van der Waals surface area contributed by atoms with E-state index in [1.807, 2.05) is 0 Å². The molecule has 0 aromatic carbocycles. The predicted molar refractivity (Wildman–Crippen MR) is 137 cm³/mol. The van der Waals surface area contributed by atoms with E-state index < -0.39 is 5.97 Å². The summed E-state index contributed by atoms with van der Waals surface area (Å²) in [5.74, 6) is 4.48. The van der Waals surface area contributed by atoms with Crippen LogP contribution in [0.5, 0.6) is 0 Å². The monoisotopic (exact) mass is 458 g/mol. The van der Waals surface area contributed by atoms with E-state index in [0.717, 1.165) is 54.4 Å². The van der Waals surface area contributed by atoms with Crippen molar-refractivity contribution in [1.82, 2.24) is 0 Å². The van der Waals surface area contributed by atoms with Crippen LogP contribution in [0.1, 0.15) is 105 Å². The highest BCUT2D eigenvalue weighted by Crippen LogP contribution is 2.67. The molecule has 0 radical (unpaired) electrons. The summed E-state index contributed by atoms with van der Waals surface area (Å²) in [4.78, 5) is 9.25. The van der Waals surface area contributed by atoms with Crippen LogP contribution < -0.4 is 0 Å². The lowest BCUT2D eigenvalue weighted by molar-refractivity contribution is -0.131. The van der Waals surface area contributed by atoms with Crippen LogP contribution in [0.2, 0.25) is 0 Å². The van der Waals surface area contributed by atoms with Crippen molar-refractivity contribution in [3.63, 3.8) is 0 Å². The number of carbonyl (C=O) groups is 1. The molecular weight excluding hydrogens is 408 g/mol. The SMILES string of the molecule is C=CC(=O)O.CC(C)CCCC(C)[C@H]1CC[C@H]2[C@@H]3CC=C4C[C@@H](O)CC[C@]4(C)[C@H]3CC[C@]12C. The number of aliphatic hydroxyl groups excluding tert-OH is 1. The summed E-state index contributed by atoms with van der Waals surface area (Å²) in [7, 11) is 0. The van der Waals surface area contributed by atoms with E-state index in [1.54, 1.807) is 5.57 Å². The Morgan fingerprint density at radius 2 is 1.82 bits per heavy atom. The van der Waals surface area contributed by atoms with Crippen molar-refractivity contribution in [2.75, 3.05) is 0 Å². The first-order valence-corrected chi connectivity index (χ1v) is 13.8. The lowest BCUT2D eigenvalue weighted by Crippen LogP contribution is -2.50. The lowest BCUT2D eigenvalue weighted by Gasteiger charge is -2.58. The van der Waals surface area contributed by atoms with Gasteiger partial charge in [0.05, 0.1) is 6.10 Å². The van der Waals surface area contributed by atoms with Crippen molar-refractivity contribution in [1.29, 1.82) is 0 Å². The van der Waals surface area contributed by atoms with Gasteiger partial charge in [-0.05, 0) is 97.7 Å². The second-order valence-electron chi connectivity index (χ2n) is 12.7. The van der Waals surface area contributed by atoms with Crippen molar-refractivity contribution in [3.8, 4) is 0 Å². The molecule has 8 atom stereocenters. The van der Waals surface area contributed by atoms with Gasteiger partial charge in [-0.1, -0.05) is 72.1 Å². The van der Waals surface area contributed by atoms with E-state index in [0.29, 0.717) is 10.8 Å². The third-order valence-electron chi connectivity index (χ3n) is 10.5. The molecule has 0 aliphatic heterocycles. The van der Waals surface area contributed by atoms with Gasteiger partial charge in [0.2, 0.25) is 0 Å². The second-order valence-corrected chi connectivity index (χ2v) is 12.7. The van der Waals surface area contributed by atoms with E-state index in [-0.39, 0.29) is 6.10 Å². The molecule has 4 rings (SSSR count). The zero-order valence-electron chi connectivity index (χ0n) is 22.0. The Hall–Kier alpha value is -1.09. The Morgan fingerprint density at radius 3 is 2.45 bits per heavy atom. The molecule has 0 aromatic heterocycles. The molecule has 1 unspecified atom stereocenters. The molecule has 33 heavy (non-hydrogen) atoms. The fourth-order valence-electron chi connectivity index (χ4n) is 8.67. The van der Waals surface area contributed by atoms with Crippen LogP contribution in [0, 0.1) is 46.3 Å². The van der Waals surface area contributed by atoms with Crippen molar-refractivity contribution >= 4 is 5.97 Å². The van der Waals surface area contributed by atoms with Crippen LogP contribution in [0.15, 0.2) is 24.3 Å². The highest BCUT2D eigenvalue weighted by molar-refractivity contribution is 5.78. The minimum absolute atomic E-state index is 0.0766. The van der Waals surface area contributed by atoms with Crippen LogP contribution in [0.4, 0.5) is 0 Å². The van der Waals surface area contributed by atoms with Gasteiger partial charge < -0.3 is 10.2 Å². The molecule has 188 valence electrons. The summed E-state index contributed by atoms with van der Waals surface area (Å²) in [5, 5.41) is 17.8. The minimum atomic E-state index is -0.981. The molecule has 3 saturated carbocycles.